The fraction of sp³-hybridized carbons (Fsp3) is 0.667. The predicted octanol–water partition coefficient (Wildman–Crippen LogP) is 0.263. The van der Waals surface area contributed by atoms with Gasteiger partial charge in [0.15, 0.2) is 0 Å². The number of rotatable bonds is 5. The number of amides is 1. The van der Waals surface area contributed by atoms with Gasteiger partial charge in [0.2, 0.25) is 5.91 Å². The van der Waals surface area contributed by atoms with Crippen molar-refractivity contribution in [3.05, 3.63) is 32.6 Å². The Balaban J connectivity index is 2.01. The zero-order valence-corrected chi connectivity index (χ0v) is 13.1. The van der Waals surface area contributed by atoms with Gasteiger partial charge >= 0.3 is 5.69 Å². The van der Waals surface area contributed by atoms with Crippen LogP contribution in [0.1, 0.15) is 31.7 Å². The molecule has 1 fully saturated rings. The van der Waals surface area contributed by atoms with E-state index in [0.29, 0.717) is 25.3 Å². The Morgan fingerprint density at radius 1 is 1.45 bits per heavy atom. The molecule has 7 nitrogen and oxygen atoms in total. The molecule has 0 saturated carbocycles. The van der Waals surface area contributed by atoms with Gasteiger partial charge in [-0.1, -0.05) is 6.92 Å². The molecule has 1 atom stereocenters. The molecule has 0 unspecified atom stereocenters. The van der Waals surface area contributed by atoms with Crippen LogP contribution in [0.4, 0.5) is 0 Å². The fourth-order valence-electron chi connectivity index (χ4n) is 2.57. The molecule has 1 aliphatic heterocycles. The molecule has 0 spiro atoms. The fourth-order valence-corrected chi connectivity index (χ4v) is 2.57. The van der Waals surface area contributed by atoms with Gasteiger partial charge in [-0.25, -0.2) is 4.79 Å². The number of ether oxygens (including phenoxy) is 1. The molecule has 1 aliphatic rings. The third kappa shape index (κ3) is 4.07. The van der Waals surface area contributed by atoms with Crippen molar-refractivity contribution >= 4 is 5.91 Å². The first-order chi connectivity index (χ1) is 10.5. The minimum atomic E-state index is -0.556. The zero-order valence-electron chi connectivity index (χ0n) is 13.1. The van der Waals surface area contributed by atoms with E-state index in [1.54, 1.807) is 11.8 Å². The van der Waals surface area contributed by atoms with Crippen LogP contribution in [0.25, 0.3) is 0 Å². The van der Waals surface area contributed by atoms with Gasteiger partial charge in [0.25, 0.3) is 5.56 Å². The van der Waals surface area contributed by atoms with Gasteiger partial charge in [0, 0.05) is 31.5 Å². The van der Waals surface area contributed by atoms with Crippen molar-refractivity contribution in [1.82, 2.24) is 14.5 Å². The third-order valence-electron chi connectivity index (χ3n) is 3.78. The number of hydrogen-bond donors (Lipinski definition) is 1. The lowest BCUT2D eigenvalue weighted by atomic mass is 10.1. The number of carbonyl (C=O) groups is 1. The molecule has 1 N–H and O–H groups in total. The Morgan fingerprint density at radius 3 is 2.95 bits per heavy atom. The van der Waals surface area contributed by atoms with Gasteiger partial charge in [-0.3, -0.25) is 19.1 Å². The standard InChI is InChI=1S/C15H23N3O4/c1-3-7-22-12-5-4-6-17(9-12)13(19)10-18-8-11(2)14(20)16-15(18)21/h8,12H,3-7,9-10H2,1-2H3,(H,16,20,21)/t12-/m1/s1. The highest BCUT2D eigenvalue weighted by molar-refractivity contribution is 5.76. The lowest BCUT2D eigenvalue weighted by molar-refractivity contribution is -0.136. The highest BCUT2D eigenvalue weighted by Crippen LogP contribution is 2.14. The summed E-state index contributed by atoms with van der Waals surface area (Å²) in [6, 6.07) is 0. The first kappa shape index (κ1) is 16.5. The maximum absolute atomic E-state index is 12.4. The molecule has 0 aliphatic carbocycles. The smallest absolute Gasteiger partial charge is 0.328 e. The quantitative estimate of drug-likeness (QED) is 0.846. The summed E-state index contributed by atoms with van der Waals surface area (Å²) >= 11 is 0. The van der Waals surface area contributed by atoms with Crippen LogP contribution in [0.3, 0.4) is 0 Å². The summed E-state index contributed by atoms with van der Waals surface area (Å²) < 4.78 is 6.96. The van der Waals surface area contributed by atoms with E-state index in [1.807, 2.05) is 0 Å². The minimum absolute atomic E-state index is 0.0586. The molecule has 1 aromatic rings. The monoisotopic (exact) mass is 309 g/mol. The summed E-state index contributed by atoms with van der Waals surface area (Å²) in [4.78, 5) is 39.4. The SMILES string of the molecule is CCCO[C@@H]1CCCN(C(=O)Cn2cc(C)c(=O)[nH]c2=O)C1. The van der Waals surface area contributed by atoms with E-state index in [1.165, 1.54) is 10.8 Å². The molecule has 122 valence electrons. The van der Waals surface area contributed by atoms with E-state index in [-0.39, 0.29) is 18.6 Å². The first-order valence-corrected chi connectivity index (χ1v) is 7.71. The number of aryl methyl sites for hydroxylation is 1. The first-order valence-electron chi connectivity index (χ1n) is 7.71. The number of H-pyrrole nitrogens is 1. The molecule has 2 heterocycles. The summed E-state index contributed by atoms with van der Waals surface area (Å²) in [5.41, 5.74) is -0.561. The summed E-state index contributed by atoms with van der Waals surface area (Å²) in [5.74, 6) is -0.127. The molecule has 2 rings (SSSR count). The number of aromatic nitrogens is 2. The van der Waals surface area contributed by atoms with Crippen LogP contribution in [0, 0.1) is 6.92 Å². The van der Waals surface area contributed by atoms with Crippen molar-refractivity contribution in [3.63, 3.8) is 0 Å². The van der Waals surface area contributed by atoms with Crippen LogP contribution >= 0.6 is 0 Å². The summed E-state index contributed by atoms with van der Waals surface area (Å²) in [6.45, 7) is 5.55. The van der Waals surface area contributed by atoms with E-state index < -0.39 is 11.2 Å². The lowest BCUT2D eigenvalue weighted by Crippen LogP contribution is -2.46. The Kier molecular flexibility index (Phi) is 5.54. The maximum atomic E-state index is 12.4. The number of aromatic amines is 1. The summed E-state index contributed by atoms with van der Waals surface area (Å²) in [5, 5.41) is 0. The van der Waals surface area contributed by atoms with E-state index in [2.05, 4.69) is 11.9 Å². The molecule has 1 aromatic heterocycles. The third-order valence-corrected chi connectivity index (χ3v) is 3.78. The molecular weight excluding hydrogens is 286 g/mol. The molecule has 0 bridgehead atoms. The molecular formula is C15H23N3O4. The van der Waals surface area contributed by atoms with Gasteiger partial charge in [0.05, 0.1) is 6.10 Å². The minimum Gasteiger partial charge on any atom is -0.376 e. The number of carbonyl (C=O) groups excluding carboxylic acids is 1. The van der Waals surface area contributed by atoms with Crippen LogP contribution in [0.2, 0.25) is 0 Å². The number of piperidine rings is 1. The van der Waals surface area contributed by atoms with Crippen LogP contribution in [0.5, 0.6) is 0 Å². The Labute approximate surface area is 128 Å². The highest BCUT2D eigenvalue weighted by atomic mass is 16.5. The van der Waals surface area contributed by atoms with Crippen LogP contribution in [-0.2, 0) is 16.1 Å². The van der Waals surface area contributed by atoms with E-state index in [0.717, 1.165) is 19.3 Å². The highest BCUT2D eigenvalue weighted by Gasteiger charge is 2.24. The number of nitrogens with zero attached hydrogens (tertiary/aromatic N) is 2. The van der Waals surface area contributed by atoms with Crippen LogP contribution in [0.15, 0.2) is 15.8 Å². The van der Waals surface area contributed by atoms with Gasteiger partial charge in [0.1, 0.15) is 6.54 Å². The van der Waals surface area contributed by atoms with Crippen molar-refractivity contribution in [2.75, 3.05) is 19.7 Å². The number of nitrogens with one attached hydrogen (secondary N) is 1. The van der Waals surface area contributed by atoms with E-state index >= 15 is 0 Å². The molecule has 0 radical (unpaired) electrons. The van der Waals surface area contributed by atoms with Gasteiger partial charge < -0.3 is 9.64 Å². The van der Waals surface area contributed by atoms with Gasteiger partial charge in [-0.05, 0) is 26.2 Å². The number of likely N-dealkylation sites (tertiary alicyclic amines) is 1. The molecule has 22 heavy (non-hydrogen) atoms. The number of hydrogen-bond acceptors (Lipinski definition) is 4. The Bertz CT molecular complexity index is 634. The van der Waals surface area contributed by atoms with E-state index in [4.69, 9.17) is 4.74 Å². The summed E-state index contributed by atoms with van der Waals surface area (Å²) in [6.07, 6.45) is 4.32. The molecule has 0 aromatic carbocycles. The Hall–Kier alpha value is -1.89. The molecule has 1 amide bonds. The zero-order chi connectivity index (χ0) is 16.1. The average molecular weight is 309 g/mol. The van der Waals surface area contributed by atoms with Crippen LogP contribution < -0.4 is 11.2 Å². The topological polar surface area (TPSA) is 84.4 Å². The largest absolute Gasteiger partial charge is 0.376 e. The van der Waals surface area contributed by atoms with Crippen molar-refractivity contribution in [1.29, 1.82) is 0 Å². The van der Waals surface area contributed by atoms with E-state index in [9.17, 15) is 14.4 Å². The van der Waals surface area contributed by atoms with Crippen molar-refractivity contribution in [2.45, 2.75) is 45.8 Å². The average Bonchev–Trinajstić information content (AvgIpc) is 2.50. The lowest BCUT2D eigenvalue weighted by Gasteiger charge is -2.32. The van der Waals surface area contributed by atoms with Crippen LogP contribution in [-0.4, -0.2) is 46.2 Å². The second kappa shape index (κ2) is 7.40. The van der Waals surface area contributed by atoms with Crippen molar-refractivity contribution < 1.29 is 9.53 Å². The Morgan fingerprint density at radius 2 is 2.23 bits per heavy atom. The molecule has 7 heteroatoms. The second-order valence-electron chi connectivity index (χ2n) is 5.67. The second-order valence-corrected chi connectivity index (χ2v) is 5.67. The summed E-state index contributed by atoms with van der Waals surface area (Å²) in [7, 11) is 0. The van der Waals surface area contributed by atoms with Gasteiger partial charge in [-0.15, -0.1) is 0 Å². The maximum Gasteiger partial charge on any atom is 0.328 e. The van der Waals surface area contributed by atoms with Gasteiger partial charge in [-0.2, -0.15) is 0 Å². The normalized spacial score (nSPS) is 18.5. The van der Waals surface area contributed by atoms with Crippen molar-refractivity contribution in [2.24, 2.45) is 0 Å². The predicted molar refractivity (Wildman–Crippen MR) is 81.9 cm³/mol. The molecule has 1 saturated heterocycles. The van der Waals surface area contributed by atoms with Crippen molar-refractivity contribution in [3.8, 4) is 0 Å².